The fourth-order valence-electron chi connectivity index (χ4n) is 2.36. The van der Waals surface area contributed by atoms with Gasteiger partial charge in [0.2, 0.25) is 5.91 Å². The lowest BCUT2D eigenvalue weighted by molar-refractivity contribution is -0.148. The number of ether oxygens (including phenoxy) is 1. The first kappa shape index (κ1) is 14.5. The second kappa shape index (κ2) is 7.05. The number of nitrogens with one attached hydrogen (secondary N) is 1. The van der Waals surface area contributed by atoms with Crippen LogP contribution in [0.5, 0.6) is 0 Å². The van der Waals surface area contributed by atoms with Gasteiger partial charge in [0.1, 0.15) is 6.54 Å². The summed E-state index contributed by atoms with van der Waals surface area (Å²) >= 11 is 0. The van der Waals surface area contributed by atoms with Crippen LogP contribution in [-0.4, -0.2) is 43.5 Å². The molecule has 1 aromatic carbocycles. The molecule has 1 fully saturated rings. The Morgan fingerprint density at radius 3 is 2.70 bits per heavy atom. The highest BCUT2D eigenvalue weighted by Crippen LogP contribution is 2.14. The van der Waals surface area contributed by atoms with Gasteiger partial charge in [0, 0.05) is 13.1 Å². The van der Waals surface area contributed by atoms with Crippen LogP contribution in [0.1, 0.15) is 12.0 Å². The van der Waals surface area contributed by atoms with Gasteiger partial charge in [0.25, 0.3) is 0 Å². The lowest BCUT2D eigenvalue weighted by Gasteiger charge is -2.24. The number of esters is 1. The van der Waals surface area contributed by atoms with Gasteiger partial charge in [0.05, 0.1) is 13.0 Å². The van der Waals surface area contributed by atoms with Crippen LogP contribution in [0.15, 0.2) is 30.3 Å². The van der Waals surface area contributed by atoms with Crippen LogP contribution >= 0.6 is 0 Å². The molecule has 1 aromatic rings. The van der Waals surface area contributed by atoms with Crippen LogP contribution in [0, 0.1) is 5.92 Å². The van der Waals surface area contributed by atoms with E-state index in [1.807, 2.05) is 30.3 Å². The molecule has 5 nitrogen and oxygen atoms in total. The predicted octanol–water partition coefficient (Wildman–Crippen LogP) is 0.798. The maximum atomic E-state index is 12.5. The van der Waals surface area contributed by atoms with Crippen LogP contribution in [0.2, 0.25) is 0 Å². The Bertz CT molecular complexity index is 455. The van der Waals surface area contributed by atoms with Crippen LogP contribution in [0.3, 0.4) is 0 Å². The molecule has 0 radical (unpaired) electrons. The Balaban J connectivity index is 2.07. The number of nitrogens with zero attached hydrogens (tertiary/aromatic N) is 1. The molecule has 1 amide bonds. The standard InChI is InChI=1S/C15H20N2O3/c1-20-14(18)11-17(10-12-5-3-2-4-6-12)15(19)13-7-8-16-9-13/h2-6,13,16H,7-11H2,1H3. The van der Waals surface area contributed by atoms with Crippen molar-refractivity contribution in [3.8, 4) is 0 Å². The minimum Gasteiger partial charge on any atom is -0.468 e. The third kappa shape index (κ3) is 3.81. The highest BCUT2D eigenvalue weighted by Gasteiger charge is 2.28. The second-order valence-corrected chi connectivity index (χ2v) is 4.95. The summed E-state index contributed by atoms with van der Waals surface area (Å²) in [5.74, 6) is -0.409. The first-order chi connectivity index (χ1) is 9.70. The lowest BCUT2D eigenvalue weighted by atomic mass is 10.1. The monoisotopic (exact) mass is 276 g/mol. The molecule has 2 rings (SSSR count). The molecule has 1 aliphatic rings. The van der Waals surface area contributed by atoms with E-state index in [1.165, 1.54) is 7.11 Å². The number of methoxy groups -OCH3 is 1. The Hall–Kier alpha value is -1.88. The summed E-state index contributed by atoms with van der Waals surface area (Å²) in [7, 11) is 1.34. The third-order valence-electron chi connectivity index (χ3n) is 3.49. The van der Waals surface area contributed by atoms with Crippen molar-refractivity contribution in [2.24, 2.45) is 5.92 Å². The molecule has 20 heavy (non-hydrogen) atoms. The Morgan fingerprint density at radius 1 is 1.35 bits per heavy atom. The van der Waals surface area contributed by atoms with E-state index >= 15 is 0 Å². The molecule has 0 bridgehead atoms. The molecule has 108 valence electrons. The van der Waals surface area contributed by atoms with E-state index in [4.69, 9.17) is 0 Å². The molecule has 0 aliphatic carbocycles. The summed E-state index contributed by atoms with van der Waals surface area (Å²) in [5, 5.41) is 3.18. The zero-order chi connectivity index (χ0) is 14.4. The zero-order valence-corrected chi connectivity index (χ0v) is 11.7. The van der Waals surface area contributed by atoms with E-state index < -0.39 is 0 Å². The first-order valence-electron chi connectivity index (χ1n) is 6.81. The van der Waals surface area contributed by atoms with Gasteiger partial charge in [-0.1, -0.05) is 30.3 Å². The van der Waals surface area contributed by atoms with Crippen molar-refractivity contribution < 1.29 is 14.3 Å². The first-order valence-corrected chi connectivity index (χ1v) is 6.81. The van der Waals surface area contributed by atoms with Gasteiger partial charge in [-0.05, 0) is 18.5 Å². The summed E-state index contributed by atoms with van der Waals surface area (Å²) in [5.41, 5.74) is 1.01. The Morgan fingerprint density at radius 2 is 2.10 bits per heavy atom. The maximum Gasteiger partial charge on any atom is 0.325 e. The lowest BCUT2D eigenvalue weighted by Crippen LogP contribution is -2.40. The number of carbonyl (C=O) groups excluding carboxylic acids is 2. The number of carbonyl (C=O) groups is 2. The average Bonchev–Trinajstić information content (AvgIpc) is 3.01. The van der Waals surface area contributed by atoms with Crippen LogP contribution in [0.25, 0.3) is 0 Å². The van der Waals surface area contributed by atoms with Crippen molar-refractivity contribution >= 4 is 11.9 Å². The topological polar surface area (TPSA) is 58.6 Å². The molecule has 0 saturated carbocycles. The molecule has 5 heteroatoms. The summed E-state index contributed by atoms with van der Waals surface area (Å²) in [6.45, 7) is 1.98. The predicted molar refractivity (Wildman–Crippen MR) is 74.9 cm³/mol. The quantitative estimate of drug-likeness (QED) is 0.808. The van der Waals surface area contributed by atoms with E-state index in [0.717, 1.165) is 18.5 Å². The molecule has 1 saturated heterocycles. The van der Waals surface area contributed by atoms with Crippen LogP contribution in [-0.2, 0) is 20.9 Å². The normalized spacial score (nSPS) is 17.8. The summed E-state index contributed by atoms with van der Waals surface area (Å²) in [4.78, 5) is 25.6. The molecule has 1 aliphatic heterocycles. The van der Waals surface area contributed by atoms with Gasteiger partial charge in [0.15, 0.2) is 0 Å². The van der Waals surface area contributed by atoms with Crippen molar-refractivity contribution in [2.45, 2.75) is 13.0 Å². The van der Waals surface area contributed by atoms with Gasteiger partial charge in [-0.15, -0.1) is 0 Å². The fourth-order valence-corrected chi connectivity index (χ4v) is 2.36. The molecule has 0 spiro atoms. The summed E-state index contributed by atoms with van der Waals surface area (Å²) < 4.78 is 4.68. The van der Waals surface area contributed by atoms with Crippen LogP contribution in [0.4, 0.5) is 0 Å². The smallest absolute Gasteiger partial charge is 0.325 e. The van der Waals surface area contributed by atoms with Gasteiger partial charge in [-0.25, -0.2) is 0 Å². The number of benzene rings is 1. The average molecular weight is 276 g/mol. The van der Waals surface area contributed by atoms with Gasteiger partial charge in [-0.2, -0.15) is 0 Å². The second-order valence-electron chi connectivity index (χ2n) is 4.95. The third-order valence-corrected chi connectivity index (χ3v) is 3.49. The van der Waals surface area contributed by atoms with Crippen molar-refractivity contribution in [1.82, 2.24) is 10.2 Å². The SMILES string of the molecule is COC(=O)CN(Cc1ccccc1)C(=O)C1CCNC1. The van der Waals surface area contributed by atoms with E-state index in [1.54, 1.807) is 4.90 Å². The van der Waals surface area contributed by atoms with E-state index in [2.05, 4.69) is 10.1 Å². The highest BCUT2D eigenvalue weighted by molar-refractivity contribution is 5.84. The number of rotatable bonds is 5. The maximum absolute atomic E-state index is 12.5. The van der Waals surface area contributed by atoms with Gasteiger partial charge >= 0.3 is 5.97 Å². The fraction of sp³-hybridized carbons (Fsp3) is 0.467. The van der Waals surface area contributed by atoms with E-state index in [-0.39, 0.29) is 24.3 Å². The molecule has 1 unspecified atom stereocenters. The molecule has 1 N–H and O–H groups in total. The molecular weight excluding hydrogens is 256 g/mol. The largest absolute Gasteiger partial charge is 0.468 e. The van der Waals surface area contributed by atoms with Crippen LogP contribution < -0.4 is 5.32 Å². The van der Waals surface area contributed by atoms with E-state index in [0.29, 0.717) is 13.1 Å². The Kier molecular flexibility index (Phi) is 5.12. The molecule has 1 heterocycles. The van der Waals surface area contributed by atoms with Gasteiger partial charge < -0.3 is 15.0 Å². The van der Waals surface area contributed by atoms with Crippen molar-refractivity contribution in [3.05, 3.63) is 35.9 Å². The minimum atomic E-state index is -0.389. The minimum absolute atomic E-state index is 0.000722. The summed E-state index contributed by atoms with van der Waals surface area (Å²) in [6, 6.07) is 9.67. The van der Waals surface area contributed by atoms with Crippen molar-refractivity contribution in [2.75, 3.05) is 26.7 Å². The van der Waals surface area contributed by atoms with Crippen molar-refractivity contribution in [1.29, 1.82) is 0 Å². The highest BCUT2D eigenvalue weighted by atomic mass is 16.5. The van der Waals surface area contributed by atoms with Gasteiger partial charge in [-0.3, -0.25) is 9.59 Å². The molecule has 1 atom stereocenters. The number of hydrogen-bond acceptors (Lipinski definition) is 4. The van der Waals surface area contributed by atoms with E-state index in [9.17, 15) is 9.59 Å². The molecular formula is C15H20N2O3. The summed E-state index contributed by atoms with van der Waals surface area (Å²) in [6.07, 6.45) is 0.825. The number of hydrogen-bond donors (Lipinski definition) is 1. The number of amides is 1. The molecule has 0 aromatic heterocycles. The van der Waals surface area contributed by atoms with Crippen molar-refractivity contribution in [3.63, 3.8) is 0 Å². The zero-order valence-electron chi connectivity index (χ0n) is 11.7. The Labute approximate surface area is 118 Å².